The van der Waals surface area contributed by atoms with Crippen LogP contribution in [0.5, 0.6) is 0 Å². The molecule has 0 radical (unpaired) electrons. The number of hydrogen-bond acceptors (Lipinski definition) is 2. The first-order valence-electron chi connectivity index (χ1n) is 7.49. The highest BCUT2D eigenvalue weighted by Crippen LogP contribution is 2.20. The van der Waals surface area contributed by atoms with Crippen LogP contribution in [-0.2, 0) is 9.59 Å². The monoisotopic (exact) mass is 305 g/mol. The molecule has 4 nitrogen and oxygen atoms in total. The molecule has 22 heavy (non-hydrogen) atoms. The Morgan fingerprint density at radius 2 is 1.95 bits per heavy atom. The van der Waals surface area contributed by atoms with Crippen molar-refractivity contribution in [1.29, 1.82) is 0 Å². The van der Waals surface area contributed by atoms with Crippen molar-refractivity contribution in [1.82, 2.24) is 5.32 Å². The zero-order valence-corrected chi connectivity index (χ0v) is 12.3. The van der Waals surface area contributed by atoms with Gasteiger partial charge < -0.3 is 10.4 Å². The largest absolute Gasteiger partial charge is 0.481 e. The van der Waals surface area contributed by atoms with Crippen molar-refractivity contribution >= 4 is 11.9 Å². The maximum absolute atomic E-state index is 12.9. The molecule has 1 aliphatic carbocycles. The van der Waals surface area contributed by atoms with Crippen LogP contribution in [-0.4, -0.2) is 23.5 Å². The van der Waals surface area contributed by atoms with E-state index in [9.17, 15) is 19.1 Å². The number of carbonyl (C=O) groups is 2. The Morgan fingerprint density at radius 1 is 1.23 bits per heavy atom. The first-order chi connectivity index (χ1) is 10.6. The summed E-state index contributed by atoms with van der Waals surface area (Å²) >= 11 is 0. The van der Waals surface area contributed by atoms with Crippen molar-refractivity contribution < 1.29 is 19.1 Å². The van der Waals surface area contributed by atoms with Crippen molar-refractivity contribution in [3.63, 3.8) is 0 Å². The summed E-state index contributed by atoms with van der Waals surface area (Å²) < 4.78 is 12.9. The number of carboxylic acids is 1. The molecule has 1 aromatic rings. The number of carbonyl (C=O) groups excluding carboxylic acids is 1. The Bertz CT molecular complexity index is 566. The van der Waals surface area contributed by atoms with E-state index >= 15 is 0 Å². The lowest BCUT2D eigenvalue weighted by atomic mass is 9.96. The molecule has 0 aliphatic heterocycles. The van der Waals surface area contributed by atoms with Crippen molar-refractivity contribution in [3.05, 3.63) is 47.3 Å². The Balaban J connectivity index is 1.91. The molecule has 0 heterocycles. The molecular formula is C17H20FNO3. The average molecular weight is 305 g/mol. The van der Waals surface area contributed by atoms with Crippen LogP contribution in [0.25, 0.3) is 0 Å². The Hall–Kier alpha value is -2.17. The van der Waals surface area contributed by atoms with Gasteiger partial charge in [-0.05, 0) is 43.4 Å². The standard InChI is InChI=1S/C17H20FNO3/c18-14-8-6-13(7-9-14)15(17(21)22)11-19-16(20)10-12-4-2-1-3-5-12/h4,6-9,15H,1-3,5,10-11H2,(H,19,20)(H,21,22). The molecule has 1 unspecified atom stereocenters. The molecule has 1 atom stereocenters. The highest BCUT2D eigenvalue weighted by atomic mass is 19.1. The van der Waals surface area contributed by atoms with Crippen molar-refractivity contribution in [2.45, 2.75) is 38.0 Å². The number of rotatable bonds is 6. The van der Waals surface area contributed by atoms with E-state index < -0.39 is 17.7 Å². The number of hydrogen-bond donors (Lipinski definition) is 2. The second-order valence-electron chi connectivity index (χ2n) is 5.53. The summed E-state index contributed by atoms with van der Waals surface area (Å²) in [6.45, 7) is 0.00702. The molecule has 2 N–H and O–H groups in total. The minimum atomic E-state index is -1.04. The summed E-state index contributed by atoms with van der Waals surface area (Å²) in [5, 5.41) is 11.9. The maximum atomic E-state index is 12.9. The highest BCUT2D eigenvalue weighted by Gasteiger charge is 2.21. The summed E-state index contributed by atoms with van der Waals surface area (Å²) in [7, 11) is 0. The SMILES string of the molecule is O=C(CC1=CCCCC1)NCC(C(=O)O)c1ccc(F)cc1. The second-order valence-corrected chi connectivity index (χ2v) is 5.53. The number of aliphatic carboxylic acids is 1. The molecule has 2 rings (SSSR count). The fourth-order valence-corrected chi connectivity index (χ4v) is 2.59. The third-order valence-corrected chi connectivity index (χ3v) is 3.85. The van der Waals surface area contributed by atoms with Gasteiger partial charge in [0.15, 0.2) is 0 Å². The molecular weight excluding hydrogens is 285 g/mol. The van der Waals surface area contributed by atoms with Gasteiger partial charge in [0.2, 0.25) is 5.91 Å². The first kappa shape index (κ1) is 16.2. The highest BCUT2D eigenvalue weighted by molar-refractivity contribution is 5.81. The molecule has 1 amide bonds. The van der Waals surface area contributed by atoms with Gasteiger partial charge in [-0.1, -0.05) is 23.8 Å². The molecule has 5 heteroatoms. The fraction of sp³-hybridized carbons (Fsp3) is 0.412. The van der Waals surface area contributed by atoms with Gasteiger partial charge >= 0.3 is 5.97 Å². The normalized spacial score (nSPS) is 15.8. The Morgan fingerprint density at radius 3 is 2.55 bits per heavy atom. The molecule has 0 fully saturated rings. The van der Waals surface area contributed by atoms with Gasteiger partial charge in [-0.2, -0.15) is 0 Å². The topological polar surface area (TPSA) is 66.4 Å². The minimum absolute atomic E-state index is 0.00702. The number of halogens is 1. The van der Waals surface area contributed by atoms with Crippen LogP contribution in [0, 0.1) is 5.82 Å². The predicted molar refractivity (Wildman–Crippen MR) is 81.0 cm³/mol. The fourth-order valence-electron chi connectivity index (χ4n) is 2.59. The maximum Gasteiger partial charge on any atom is 0.312 e. The smallest absolute Gasteiger partial charge is 0.312 e. The van der Waals surface area contributed by atoms with E-state index in [2.05, 4.69) is 11.4 Å². The predicted octanol–water partition coefficient (Wildman–Crippen LogP) is 3.00. The van der Waals surface area contributed by atoms with E-state index in [-0.39, 0.29) is 12.5 Å². The van der Waals surface area contributed by atoms with Gasteiger partial charge in [0.25, 0.3) is 0 Å². The number of allylic oxidation sites excluding steroid dienone is 1. The number of amides is 1. The van der Waals surface area contributed by atoms with Gasteiger partial charge in [-0.3, -0.25) is 9.59 Å². The second kappa shape index (κ2) is 7.73. The summed E-state index contributed by atoms with van der Waals surface area (Å²) in [5.41, 5.74) is 1.60. The molecule has 0 spiro atoms. The van der Waals surface area contributed by atoms with Crippen LogP contribution in [0.15, 0.2) is 35.9 Å². The lowest BCUT2D eigenvalue weighted by Crippen LogP contribution is -2.31. The summed E-state index contributed by atoms with van der Waals surface area (Å²) in [6, 6.07) is 5.31. The Kier molecular flexibility index (Phi) is 5.69. The van der Waals surface area contributed by atoms with E-state index in [1.807, 2.05) is 0 Å². The van der Waals surface area contributed by atoms with Gasteiger partial charge in [0.1, 0.15) is 5.82 Å². The lowest BCUT2D eigenvalue weighted by molar-refractivity contribution is -0.138. The Labute approximate surface area is 129 Å². The third-order valence-electron chi connectivity index (χ3n) is 3.85. The summed E-state index contributed by atoms with van der Waals surface area (Å²) in [4.78, 5) is 23.2. The number of benzene rings is 1. The van der Waals surface area contributed by atoms with Crippen LogP contribution in [0.2, 0.25) is 0 Å². The molecule has 1 aromatic carbocycles. The number of carboxylic acid groups (broad SMARTS) is 1. The van der Waals surface area contributed by atoms with Crippen LogP contribution in [0.3, 0.4) is 0 Å². The summed E-state index contributed by atoms with van der Waals surface area (Å²) in [6.07, 6.45) is 6.64. The summed E-state index contributed by atoms with van der Waals surface area (Å²) in [5.74, 6) is -2.49. The van der Waals surface area contributed by atoms with E-state index in [0.29, 0.717) is 12.0 Å². The quantitative estimate of drug-likeness (QED) is 0.794. The van der Waals surface area contributed by atoms with E-state index in [1.165, 1.54) is 24.3 Å². The minimum Gasteiger partial charge on any atom is -0.481 e. The molecule has 118 valence electrons. The molecule has 0 aromatic heterocycles. The molecule has 1 aliphatic rings. The van der Waals surface area contributed by atoms with Crippen LogP contribution < -0.4 is 5.32 Å². The van der Waals surface area contributed by atoms with Crippen LogP contribution in [0.4, 0.5) is 4.39 Å². The van der Waals surface area contributed by atoms with Crippen LogP contribution in [0.1, 0.15) is 43.6 Å². The average Bonchev–Trinajstić information content (AvgIpc) is 2.50. The van der Waals surface area contributed by atoms with Gasteiger partial charge in [-0.25, -0.2) is 4.39 Å². The van der Waals surface area contributed by atoms with E-state index in [0.717, 1.165) is 31.3 Å². The zero-order chi connectivity index (χ0) is 15.9. The van der Waals surface area contributed by atoms with Crippen LogP contribution >= 0.6 is 0 Å². The lowest BCUT2D eigenvalue weighted by Gasteiger charge is -2.16. The first-order valence-corrected chi connectivity index (χ1v) is 7.49. The van der Waals surface area contributed by atoms with Gasteiger partial charge in [0.05, 0.1) is 5.92 Å². The van der Waals surface area contributed by atoms with E-state index in [4.69, 9.17) is 0 Å². The zero-order valence-electron chi connectivity index (χ0n) is 12.3. The van der Waals surface area contributed by atoms with Gasteiger partial charge in [-0.15, -0.1) is 0 Å². The van der Waals surface area contributed by atoms with Crippen molar-refractivity contribution in [2.24, 2.45) is 0 Å². The third kappa shape index (κ3) is 4.69. The van der Waals surface area contributed by atoms with Crippen molar-refractivity contribution in [2.75, 3.05) is 6.54 Å². The molecule has 0 bridgehead atoms. The number of nitrogens with one attached hydrogen (secondary N) is 1. The molecule has 0 saturated heterocycles. The van der Waals surface area contributed by atoms with Crippen molar-refractivity contribution in [3.8, 4) is 0 Å². The van der Waals surface area contributed by atoms with E-state index in [1.54, 1.807) is 0 Å². The van der Waals surface area contributed by atoms with Gasteiger partial charge in [0, 0.05) is 13.0 Å². The molecule has 0 saturated carbocycles.